The number of fused-ring (bicyclic) bond motifs is 1. The van der Waals surface area contributed by atoms with Gasteiger partial charge < -0.3 is 14.8 Å². The zero-order valence-corrected chi connectivity index (χ0v) is 14.9. The van der Waals surface area contributed by atoms with Crippen LogP contribution in [-0.4, -0.2) is 25.1 Å². The van der Waals surface area contributed by atoms with Crippen LogP contribution in [0.1, 0.15) is 5.56 Å². The monoisotopic (exact) mass is 397 g/mol. The molecule has 2 aromatic carbocycles. The third-order valence-electron chi connectivity index (χ3n) is 3.81. The zero-order valence-electron chi connectivity index (χ0n) is 13.4. The summed E-state index contributed by atoms with van der Waals surface area (Å²) in [6.45, 7) is -0.374. The van der Waals surface area contributed by atoms with Crippen LogP contribution in [0, 0.1) is 11.7 Å². The van der Waals surface area contributed by atoms with Crippen molar-refractivity contribution in [2.75, 3.05) is 18.5 Å². The van der Waals surface area contributed by atoms with E-state index < -0.39 is 30.2 Å². The lowest BCUT2D eigenvalue weighted by atomic mass is 9.97. The van der Waals surface area contributed by atoms with Gasteiger partial charge in [0.1, 0.15) is 18.2 Å². The smallest absolute Gasteiger partial charge is 0.313 e. The number of halogens is 3. The molecule has 0 saturated carbocycles. The summed E-state index contributed by atoms with van der Waals surface area (Å²) >= 11 is 11.6. The molecule has 1 amide bonds. The van der Waals surface area contributed by atoms with E-state index in [0.717, 1.165) is 11.6 Å². The molecule has 1 atom stereocenters. The van der Waals surface area contributed by atoms with E-state index in [9.17, 15) is 14.0 Å². The SMILES string of the molecule is O=C(COC(=O)[C@H]1COc2ccc(Cl)cc2C1)Nc1ccc(Cl)cc1F. The molecule has 1 heterocycles. The predicted molar refractivity (Wildman–Crippen MR) is 95.1 cm³/mol. The maximum Gasteiger partial charge on any atom is 0.313 e. The number of benzene rings is 2. The van der Waals surface area contributed by atoms with E-state index in [2.05, 4.69) is 5.32 Å². The van der Waals surface area contributed by atoms with Gasteiger partial charge in [0.05, 0.1) is 11.6 Å². The summed E-state index contributed by atoms with van der Waals surface area (Å²) in [4.78, 5) is 24.0. The first-order valence-electron chi connectivity index (χ1n) is 7.75. The summed E-state index contributed by atoms with van der Waals surface area (Å²) in [5.41, 5.74) is 0.762. The number of carbonyl (C=O) groups excluding carboxylic acids is 2. The Bertz CT molecular complexity index is 859. The molecule has 2 aromatic rings. The van der Waals surface area contributed by atoms with Crippen LogP contribution in [0.15, 0.2) is 36.4 Å². The van der Waals surface area contributed by atoms with Crippen molar-refractivity contribution in [2.45, 2.75) is 6.42 Å². The fraction of sp³-hybridized carbons (Fsp3) is 0.222. The lowest BCUT2D eigenvalue weighted by molar-refractivity contribution is -0.152. The highest BCUT2D eigenvalue weighted by Gasteiger charge is 2.28. The standard InChI is InChI=1S/C18H14Cl2FNO4/c19-12-2-4-16-10(6-12)5-11(8-25-16)18(24)26-9-17(23)22-15-3-1-13(20)7-14(15)21/h1-4,6-7,11H,5,8-9H2,(H,22,23)/t11-/m1/s1. The van der Waals surface area contributed by atoms with Crippen molar-refractivity contribution in [3.05, 3.63) is 57.8 Å². The number of amides is 1. The number of rotatable bonds is 4. The summed E-state index contributed by atoms with van der Waals surface area (Å²) in [7, 11) is 0. The van der Waals surface area contributed by atoms with Crippen LogP contribution in [0.2, 0.25) is 10.0 Å². The fourth-order valence-corrected chi connectivity index (χ4v) is 2.90. The van der Waals surface area contributed by atoms with Gasteiger partial charge in [-0.1, -0.05) is 23.2 Å². The number of carbonyl (C=O) groups is 2. The zero-order chi connectivity index (χ0) is 18.7. The van der Waals surface area contributed by atoms with E-state index >= 15 is 0 Å². The van der Waals surface area contributed by atoms with Gasteiger partial charge >= 0.3 is 5.97 Å². The first kappa shape index (κ1) is 18.5. The quantitative estimate of drug-likeness (QED) is 0.795. The third-order valence-corrected chi connectivity index (χ3v) is 4.28. The van der Waals surface area contributed by atoms with Crippen LogP contribution in [0.5, 0.6) is 5.75 Å². The Morgan fingerprint density at radius 2 is 1.92 bits per heavy atom. The molecular formula is C18H14Cl2FNO4. The molecule has 5 nitrogen and oxygen atoms in total. The van der Waals surface area contributed by atoms with Gasteiger partial charge in [0, 0.05) is 10.0 Å². The Labute approximate surface area is 159 Å². The van der Waals surface area contributed by atoms with E-state index in [0.29, 0.717) is 17.2 Å². The average molecular weight is 398 g/mol. The van der Waals surface area contributed by atoms with Crippen molar-refractivity contribution in [2.24, 2.45) is 5.92 Å². The minimum absolute atomic E-state index is 0.0417. The van der Waals surface area contributed by atoms with E-state index in [1.54, 1.807) is 18.2 Å². The molecule has 0 aromatic heterocycles. The molecule has 26 heavy (non-hydrogen) atoms. The Kier molecular flexibility index (Phi) is 5.64. The summed E-state index contributed by atoms with van der Waals surface area (Å²) in [5.74, 6) is -1.76. The largest absolute Gasteiger partial charge is 0.492 e. The molecule has 1 N–H and O–H groups in total. The molecule has 0 radical (unpaired) electrons. The Morgan fingerprint density at radius 1 is 1.19 bits per heavy atom. The molecule has 0 fully saturated rings. The van der Waals surface area contributed by atoms with Crippen LogP contribution in [0.25, 0.3) is 0 Å². The Morgan fingerprint density at radius 3 is 2.69 bits per heavy atom. The van der Waals surface area contributed by atoms with Crippen molar-refractivity contribution in [1.82, 2.24) is 0 Å². The van der Waals surface area contributed by atoms with Gasteiger partial charge in [-0.3, -0.25) is 9.59 Å². The molecular weight excluding hydrogens is 384 g/mol. The van der Waals surface area contributed by atoms with Gasteiger partial charge in [0.25, 0.3) is 5.91 Å². The van der Waals surface area contributed by atoms with E-state index in [-0.39, 0.29) is 17.3 Å². The van der Waals surface area contributed by atoms with Gasteiger partial charge in [0.15, 0.2) is 6.61 Å². The van der Waals surface area contributed by atoms with Gasteiger partial charge in [0.2, 0.25) is 0 Å². The molecule has 8 heteroatoms. The molecule has 1 aliphatic heterocycles. The first-order valence-corrected chi connectivity index (χ1v) is 8.51. The van der Waals surface area contributed by atoms with E-state index in [4.69, 9.17) is 32.7 Å². The topological polar surface area (TPSA) is 64.6 Å². The minimum Gasteiger partial charge on any atom is -0.492 e. The van der Waals surface area contributed by atoms with Crippen LogP contribution in [-0.2, 0) is 20.7 Å². The number of ether oxygens (including phenoxy) is 2. The van der Waals surface area contributed by atoms with Crippen LogP contribution in [0.3, 0.4) is 0 Å². The number of hydrogen-bond acceptors (Lipinski definition) is 4. The fourth-order valence-electron chi connectivity index (χ4n) is 2.55. The van der Waals surface area contributed by atoms with Gasteiger partial charge in [-0.25, -0.2) is 4.39 Å². The van der Waals surface area contributed by atoms with Gasteiger partial charge in [-0.2, -0.15) is 0 Å². The lowest BCUT2D eigenvalue weighted by Crippen LogP contribution is -2.32. The van der Waals surface area contributed by atoms with Crippen molar-refractivity contribution < 1.29 is 23.5 Å². The summed E-state index contributed by atoms with van der Waals surface area (Å²) < 4.78 is 24.2. The highest BCUT2D eigenvalue weighted by atomic mass is 35.5. The van der Waals surface area contributed by atoms with E-state index in [1.165, 1.54) is 12.1 Å². The Balaban J connectivity index is 1.53. The minimum atomic E-state index is -0.675. The molecule has 0 saturated heterocycles. The maximum atomic E-state index is 13.6. The van der Waals surface area contributed by atoms with Crippen LogP contribution < -0.4 is 10.1 Å². The Hall–Kier alpha value is -2.31. The maximum absolute atomic E-state index is 13.6. The molecule has 1 aliphatic rings. The molecule has 0 unspecified atom stereocenters. The highest BCUT2D eigenvalue weighted by molar-refractivity contribution is 6.31. The summed E-state index contributed by atoms with van der Waals surface area (Å²) in [6, 6.07) is 9.02. The first-order chi connectivity index (χ1) is 12.4. The number of hydrogen-bond donors (Lipinski definition) is 1. The number of esters is 1. The predicted octanol–water partition coefficient (Wildman–Crippen LogP) is 3.87. The van der Waals surface area contributed by atoms with E-state index in [1.807, 2.05) is 0 Å². The number of anilines is 1. The van der Waals surface area contributed by atoms with Gasteiger partial charge in [-0.15, -0.1) is 0 Å². The second-order valence-corrected chi connectivity index (χ2v) is 6.62. The van der Waals surface area contributed by atoms with Crippen molar-refractivity contribution >= 4 is 40.8 Å². The molecule has 0 aliphatic carbocycles. The molecule has 3 rings (SSSR count). The van der Waals surface area contributed by atoms with Gasteiger partial charge in [-0.05, 0) is 48.4 Å². The molecule has 136 valence electrons. The second kappa shape index (κ2) is 7.93. The summed E-state index contributed by atoms with van der Waals surface area (Å²) in [6.07, 6.45) is 0.405. The normalized spacial score (nSPS) is 15.6. The van der Waals surface area contributed by atoms with Crippen LogP contribution >= 0.6 is 23.2 Å². The average Bonchev–Trinajstić information content (AvgIpc) is 2.61. The molecule has 0 bridgehead atoms. The molecule has 0 spiro atoms. The lowest BCUT2D eigenvalue weighted by Gasteiger charge is -2.24. The highest BCUT2D eigenvalue weighted by Crippen LogP contribution is 2.30. The third kappa shape index (κ3) is 4.45. The number of nitrogens with one attached hydrogen (secondary N) is 1. The van der Waals surface area contributed by atoms with Crippen molar-refractivity contribution in [1.29, 1.82) is 0 Å². The van der Waals surface area contributed by atoms with Crippen LogP contribution in [0.4, 0.5) is 10.1 Å². The second-order valence-electron chi connectivity index (χ2n) is 5.74. The van der Waals surface area contributed by atoms with Crippen molar-refractivity contribution in [3.63, 3.8) is 0 Å². The van der Waals surface area contributed by atoms with Crippen molar-refractivity contribution in [3.8, 4) is 5.75 Å². The summed E-state index contributed by atoms with van der Waals surface area (Å²) in [5, 5.41) is 3.08.